The molecule has 0 atom stereocenters. The molecule has 0 unspecified atom stereocenters. The van der Waals surface area contributed by atoms with Crippen LogP contribution in [-0.4, -0.2) is 42.0 Å². The number of carbonyl (C=O) groups excluding carboxylic acids is 1. The van der Waals surface area contributed by atoms with E-state index in [1.54, 1.807) is 11.1 Å². The van der Waals surface area contributed by atoms with Crippen LogP contribution in [0.3, 0.4) is 0 Å². The number of nitrogens with one attached hydrogen (secondary N) is 1. The van der Waals surface area contributed by atoms with Gasteiger partial charge in [-0.3, -0.25) is 4.79 Å². The fraction of sp³-hybridized carbons (Fsp3) is 0.556. The van der Waals surface area contributed by atoms with Gasteiger partial charge in [-0.05, 0) is 6.92 Å². The number of nitrogens with zero attached hydrogens (tertiary/aromatic N) is 2. The van der Waals surface area contributed by atoms with E-state index in [9.17, 15) is 4.79 Å². The van der Waals surface area contributed by atoms with E-state index in [-0.39, 0.29) is 18.3 Å². The minimum Gasteiger partial charge on any atom is -0.335 e. The maximum Gasteiger partial charge on any atom is 0.265 e. The summed E-state index contributed by atoms with van der Waals surface area (Å²) in [7, 11) is 1.85. The Morgan fingerprint density at radius 3 is 2.73 bits per heavy atom. The van der Waals surface area contributed by atoms with Crippen molar-refractivity contribution in [2.75, 3.05) is 20.1 Å². The highest BCUT2D eigenvalue weighted by molar-refractivity contribution is 7.13. The van der Waals surface area contributed by atoms with Crippen LogP contribution in [0.15, 0.2) is 6.20 Å². The molecule has 1 fully saturated rings. The van der Waals surface area contributed by atoms with Crippen LogP contribution in [0.25, 0.3) is 0 Å². The number of hydrogen-bond donors (Lipinski definition) is 1. The quantitative estimate of drug-likeness (QED) is 0.845. The van der Waals surface area contributed by atoms with Gasteiger partial charge >= 0.3 is 0 Å². The van der Waals surface area contributed by atoms with Gasteiger partial charge in [-0.25, -0.2) is 4.98 Å². The largest absolute Gasteiger partial charge is 0.335 e. The minimum atomic E-state index is 0. The van der Waals surface area contributed by atoms with Crippen LogP contribution < -0.4 is 5.32 Å². The van der Waals surface area contributed by atoms with E-state index in [4.69, 9.17) is 0 Å². The maximum absolute atomic E-state index is 11.9. The molecule has 1 amide bonds. The standard InChI is InChI=1S/C9H13N3OS.ClH/c1-6-11-5-8(14-6)9(13)12(2)7-3-10-4-7;/h5,7,10H,3-4H2,1-2H3;1H. The second-order valence-corrected chi connectivity index (χ2v) is 4.71. The third kappa shape index (κ3) is 2.48. The van der Waals surface area contributed by atoms with E-state index < -0.39 is 0 Å². The van der Waals surface area contributed by atoms with Crippen molar-refractivity contribution in [2.24, 2.45) is 0 Å². The number of carbonyl (C=O) groups is 1. The molecule has 1 aliphatic heterocycles. The number of halogens is 1. The van der Waals surface area contributed by atoms with Gasteiger partial charge in [0.1, 0.15) is 4.88 Å². The molecule has 1 aliphatic rings. The summed E-state index contributed by atoms with van der Waals surface area (Å²) in [4.78, 5) is 18.5. The van der Waals surface area contributed by atoms with Gasteiger partial charge in [-0.1, -0.05) is 0 Å². The molecule has 1 saturated heterocycles. The third-order valence-corrected chi connectivity index (χ3v) is 3.36. The lowest BCUT2D eigenvalue weighted by atomic mass is 10.1. The zero-order chi connectivity index (χ0) is 10.1. The van der Waals surface area contributed by atoms with Crippen LogP contribution in [0.1, 0.15) is 14.7 Å². The van der Waals surface area contributed by atoms with E-state index >= 15 is 0 Å². The molecule has 0 aromatic carbocycles. The van der Waals surface area contributed by atoms with Gasteiger partial charge in [-0.15, -0.1) is 23.7 Å². The second-order valence-electron chi connectivity index (χ2n) is 3.47. The number of likely N-dealkylation sites (N-methyl/N-ethyl adjacent to an activating group) is 1. The molecule has 2 heterocycles. The summed E-state index contributed by atoms with van der Waals surface area (Å²) >= 11 is 1.45. The van der Waals surface area contributed by atoms with Gasteiger partial charge in [0.2, 0.25) is 0 Å². The predicted octanol–water partition coefficient (Wildman–Crippen LogP) is 0.917. The van der Waals surface area contributed by atoms with Crippen LogP contribution in [-0.2, 0) is 0 Å². The van der Waals surface area contributed by atoms with E-state index in [0.29, 0.717) is 6.04 Å². The molecule has 0 bridgehead atoms. The van der Waals surface area contributed by atoms with Crippen LogP contribution in [0.4, 0.5) is 0 Å². The van der Waals surface area contributed by atoms with Gasteiger partial charge in [0.25, 0.3) is 5.91 Å². The summed E-state index contributed by atoms with van der Waals surface area (Å²) < 4.78 is 0. The zero-order valence-corrected chi connectivity index (χ0v) is 10.3. The molecule has 0 saturated carbocycles. The van der Waals surface area contributed by atoms with Crippen molar-refractivity contribution in [2.45, 2.75) is 13.0 Å². The molecule has 84 valence electrons. The van der Waals surface area contributed by atoms with Crippen molar-refractivity contribution in [1.82, 2.24) is 15.2 Å². The van der Waals surface area contributed by atoms with E-state index in [0.717, 1.165) is 23.0 Å². The molecule has 4 nitrogen and oxygen atoms in total. The Morgan fingerprint density at radius 2 is 2.33 bits per heavy atom. The Labute approximate surface area is 99.1 Å². The Hall–Kier alpha value is -0.650. The first-order valence-corrected chi connectivity index (χ1v) is 5.40. The van der Waals surface area contributed by atoms with Crippen LogP contribution in [0.2, 0.25) is 0 Å². The zero-order valence-electron chi connectivity index (χ0n) is 8.69. The number of rotatable bonds is 2. The molecule has 15 heavy (non-hydrogen) atoms. The summed E-state index contributed by atoms with van der Waals surface area (Å²) in [6.45, 7) is 3.71. The van der Waals surface area contributed by atoms with Crippen LogP contribution in [0, 0.1) is 6.92 Å². The van der Waals surface area contributed by atoms with Gasteiger partial charge in [0.05, 0.1) is 17.2 Å². The van der Waals surface area contributed by atoms with E-state index in [1.807, 2.05) is 14.0 Å². The lowest BCUT2D eigenvalue weighted by Crippen LogP contribution is -2.57. The molecule has 6 heteroatoms. The number of aryl methyl sites for hydroxylation is 1. The second kappa shape index (κ2) is 4.92. The Bertz CT molecular complexity index is 351. The molecular formula is C9H14ClN3OS. The molecule has 0 spiro atoms. The Balaban J connectivity index is 0.00000112. The predicted molar refractivity (Wildman–Crippen MR) is 62.9 cm³/mol. The van der Waals surface area contributed by atoms with Crippen molar-refractivity contribution >= 4 is 29.7 Å². The van der Waals surface area contributed by atoms with E-state index in [1.165, 1.54) is 11.3 Å². The molecule has 1 N–H and O–H groups in total. The summed E-state index contributed by atoms with van der Waals surface area (Å²) in [6.07, 6.45) is 1.66. The maximum atomic E-state index is 11.9. The number of thiazole rings is 1. The topological polar surface area (TPSA) is 45.2 Å². The fourth-order valence-corrected chi connectivity index (χ4v) is 2.11. The number of hydrogen-bond acceptors (Lipinski definition) is 4. The van der Waals surface area contributed by atoms with Gasteiger partial charge in [0.15, 0.2) is 0 Å². The van der Waals surface area contributed by atoms with Crippen LogP contribution in [0.5, 0.6) is 0 Å². The summed E-state index contributed by atoms with van der Waals surface area (Å²) in [5, 5.41) is 4.09. The average molecular weight is 248 g/mol. The van der Waals surface area contributed by atoms with Crippen molar-refractivity contribution in [3.63, 3.8) is 0 Å². The highest BCUT2D eigenvalue weighted by Gasteiger charge is 2.26. The van der Waals surface area contributed by atoms with Crippen molar-refractivity contribution in [3.8, 4) is 0 Å². The summed E-state index contributed by atoms with van der Waals surface area (Å²) in [5.74, 6) is 0.0853. The monoisotopic (exact) mass is 247 g/mol. The first-order chi connectivity index (χ1) is 6.68. The molecule has 0 aliphatic carbocycles. The average Bonchev–Trinajstić information content (AvgIpc) is 2.47. The molecule has 1 aromatic heterocycles. The lowest BCUT2D eigenvalue weighted by Gasteiger charge is -2.35. The molecule has 2 rings (SSSR count). The number of aromatic nitrogens is 1. The van der Waals surface area contributed by atoms with Gasteiger partial charge in [0, 0.05) is 20.1 Å². The highest BCUT2D eigenvalue weighted by Crippen LogP contribution is 2.15. The van der Waals surface area contributed by atoms with E-state index in [2.05, 4.69) is 10.3 Å². The summed E-state index contributed by atoms with van der Waals surface area (Å²) in [5.41, 5.74) is 0. The lowest BCUT2D eigenvalue weighted by molar-refractivity contribution is 0.0686. The normalized spacial score (nSPS) is 15.3. The highest BCUT2D eigenvalue weighted by atomic mass is 35.5. The molecular weight excluding hydrogens is 234 g/mol. The first-order valence-electron chi connectivity index (χ1n) is 4.59. The minimum absolute atomic E-state index is 0. The van der Waals surface area contributed by atoms with Gasteiger partial charge < -0.3 is 10.2 Å². The SMILES string of the molecule is Cc1ncc(C(=O)N(C)C2CNC2)s1.Cl. The number of amides is 1. The Morgan fingerprint density at radius 1 is 1.67 bits per heavy atom. The van der Waals surface area contributed by atoms with Gasteiger partial charge in [-0.2, -0.15) is 0 Å². The Kier molecular flexibility index (Phi) is 4.07. The van der Waals surface area contributed by atoms with Crippen molar-refractivity contribution in [3.05, 3.63) is 16.1 Å². The summed E-state index contributed by atoms with van der Waals surface area (Å²) in [6, 6.07) is 0.352. The third-order valence-electron chi connectivity index (χ3n) is 2.46. The smallest absolute Gasteiger partial charge is 0.265 e. The fourth-order valence-electron chi connectivity index (χ4n) is 1.35. The van der Waals surface area contributed by atoms with Crippen molar-refractivity contribution in [1.29, 1.82) is 0 Å². The molecule has 0 radical (unpaired) electrons. The van der Waals surface area contributed by atoms with Crippen LogP contribution >= 0.6 is 23.7 Å². The first kappa shape index (κ1) is 12.4. The molecule has 1 aromatic rings. The van der Waals surface area contributed by atoms with Crippen molar-refractivity contribution < 1.29 is 4.79 Å².